The molecule has 4 rings (SSSR count). The van der Waals surface area contributed by atoms with E-state index in [0.29, 0.717) is 5.69 Å². The first-order valence-electron chi connectivity index (χ1n) is 11.5. The molecule has 0 spiro atoms. The fourth-order valence-electron chi connectivity index (χ4n) is 4.17. The van der Waals surface area contributed by atoms with Crippen molar-refractivity contribution in [2.24, 2.45) is 10.8 Å². The molecule has 1 unspecified atom stereocenters. The van der Waals surface area contributed by atoms with Gasteiger partial charge in [0.25, 0.3) is 0 Å². The smallest absolute Gasteiger partial charge is 0.320 e. The molecule has 2 aromatic carbocycles. The van der Waals surface area contributed by atoms with Gasteiger partial charge in [-0.2, -0.15) is 5.10 Å². The molecule has 0 saturated carbocycles. The van der Waals surface area contributed by atoms with Crippen LogP contribution in [0.4, 0.5) is 14.9 Å². The lowest BCUT2D eigenvalue weighted by molar-refractivity contribution is -0.122. The number of primary amides is 1. The third-order valence-electron chi connectivity index (χ3n) is 5.90. The molecule has 3 N–H and O–H groups in total. The van der Waals surface area contributed by atoms with Crippen LogP contribution in [0.1, 0.15) is 30.9 Å². The molecule has 0 radical (unpaired) electrons. The lowest BCUT2D eigenvalue weighted by Crippen LogP contribution is -2.48. The summed E-state index contributed by atoms with van der Waals surface area (Å²) < 4.78 is 15.6. The summed E-state index contributed by atoms with van der Waals surface area (Å²) in [5.41, 5.74) is 6.91. The van der Waals surface area contributed by atoms with Gasteiger partial charge in [-0.05, 0) is 61.7 Å². The summed E-state index contributed by atoms with van der Waals surface area (Å²) in [6.07, 6.45) is 10.8. The number of halogens is 2. The number of allylic oxidation sites excluding steroid dienone is 2. The van der Waals surface area contributed by atoms with E-state index < -0.39 is 29.8 Å². The zero-order chi connectivity index (χ0) is 24.8. The first-order chi connectivity index (χ1) is 16.9. The number of anilines is 1. The van der Waals surface area contributed by atoms with Gasteiger partial charge in [-0.15, -0.1) is 0 Å². The van der Waals surface area contributed by atoms with Gasteiger partial charge in [-0.3, -0.25) is 14.7 Å². The lowest BCUT2D eigenvalue weighted by atomic mass is 10.0. The Bertz CT molecular complexity index is 1140. The summed E-state index contributed by atoms with van der Waals surface area (Å²) in [5, 5.41) is 9.58. The van der Waals surface area contributed by atoms with E-state index in [1.54, 1.807) is 30.3 Å². The van der Waals surface area contributed by atoms with Crippen molar-refractivity contribution in [1.29, 1.82) is 0 Å². The molecule has 0 bridgehead atoms. The van der Waals surface area contributed by atoms with Gasteiger partial charge in [0.1, 0.15) is 11.9 Å². The van der Waals surface area contributed by atoms with Crippen LogP contribution >= 0.6 is 15.9 Å². The molecule has 1 heterocycles. The number of carbonyl (C=O) groups excluding carboxylic acids is 2. The number of benzene rings is 2. The molecule has 35 heavy (non-hydrogen) atoms. The Hall–Kier alpha value is -3.46. The Balaban J connectivity index is 1.58. The number of nitrogens with one attached hydrogen (secondary N) is 1. The van der Waals surface area contributed by atoms with Crippen LogP contribution in [0.3, 0.4) is 0 Å². The Kier molecular flexibility index (Phi) is 7.97. The van der Waals surface area contributed by atoms with Gasteiger partial charge < -0.3 is 11.1 Å². The Morgan fingerprint density at radius 3 is 2.34 bits per heavy atom. The van der Waals surface area contributed by atoms with E-state index in [1.165, 1.54) is 24.6 Å². The average Bonchev–Trinajstić information content (AvgIpc) is 2.85. The van der Waals surface area contributed by atoms with E-state index >= 15 is 0 Å². The molecular weight excluding hydrogens is 513 g/mol. The van der Waals surface area contributed by atoms with Crippen molar-refractivity contribution in [3.8, 4) is 0 Å². The highest BCUT2D eigenvalue weighted by Crippen LogP contribution is 2.30. The van der Waals surface area contributed by atoms with Gasteiger partial charge in [0.05, 0.1) is 11.8 Å². The van der Waals surface area contributed by atoms with E-state index in [9.17, 15) is 14.0 Å². The number of rotatable bonds is 6. The van der Waals surface area contributed by atoms with Crippen LogP contribution in [0.5, 0.6) is 0 Å². The average molecular weight is 540 g/mol. The molecule has 1 atom stereocenters. The van der Waals surface area contributed by atoms with Crippen LogP contribution in [0.25, 0.3) is 0 Å². The van der Waals surface area contributed by atoms with E-state index in [-0.39, 0.29) is 5.56 Å². The number of hydrogen-bond donors (Lipinski definition) is 2. The van der Waals surface area contributed by atoms with Crippen LogP contribution in [0.15, 0.2) is 82.4 Å². The van der Waals surface area contributed by atoms with Crippen molar-refractivity contribution in [1.82, 2.24) is 10.3 Å². The molecule has 2 aliphatic rings. The maximum Gasteiger partial charge on any atom is 0.320 e. The second kappa shape index (κ2) is 11.3. The molecule has 0 aromatic heterocycles. The number of nitrogens with two attached hydrogens (primary N) is 1. The molecule has 1 fully saturated rings. The Morgan fingerprint density at radius 1 is 1.06 bits per heavy atom. The number of piperidine rings is 1. The topological polar surface area (TPSA) is 91.0 Å². The molecule has 9 heteroatoms. The van der Waals surface area contributed by atoms with E-state index in [4.69, 9.17) is 5.73 Å². The Morgan fingerprint density at radius 2 is 1.71 bits per heavy atom. The minimum Gasteiger partial charge on any atom is -0.351 e. The summed E-state index contributed by atoms with van der Waals surface area (Å²) >= 11 is 3.35. The van der Waals surface area contributed by atoms with Gasteiger partial charge in [0, 0.05) is 28.8 Å². The largest absolute Gasteiger partial charge is 0.351 e. The fourth-order valence-corrected chi connectivity index (χ4v) is 4.43. The van der Waals surface area contributed by atoms with Crippen molar-refractivity contribution in [3.05, 3.63) is 88.7 Å². The van der Waals surface area contributed by atoms with Crippen LogP contribution in [-0.4, -0.2) is 41.8 Å². The standard InChI is InChI=1S/C26H27BrFN5O2/c27-18-8-14-21(15-9-18)33(26(29)35)24(22-6-2-3-7-23(22)28)25(34)30-19-10-12-20(13-11-19)31-32-16-4-1-5-17-32/h2-3,6-15,19,24H,1,4-5,16-17H2,(H2,29,35)(H,30,34). The monoisotopic (exact) mass is 539 g/mol. The highest BCUT2D eigenvalue weighted by Gasteiger charge is 2.34. The molecule has 2 aromatic rings. The zero-order valence-electron chi connectivity index (χ0n) is 19.1. The van der Waals surface area contributed by atoms with Crippen LogP contribution in [-0.2, 0) is 4.79 Å². The second-order valence-corrected chi connectivity index (χ2v) is 9.32. The predicted octanol–water partition coefficient (Wildman–Crippen LogP) is 4.67. The highest BCUT2D eigenvalue weighted by atomic mass is 79.9. The maximum atomic E-state index is 14.8. The molecule has 1 saturated heterocycles. The minimum atomic E-state index is -1.31. The van der Waals surface area contributed by atoms with Crippen LogP contribution in [0, 0.1) is 5.82 Å². The van der Waals surface area contributed by atoms with E-state index in [1.807, 2.05) is 24.3 Å². The third-order valence-corrected chi connectivity index (χ3v) is 6.42. The first-order valence-corrected chi connectivity index (χ1v) is 12.3. The van der Waals surface area contributed by atoms with Crippen molar-refractivity contribution < 1.29 is 14.0 Å². The summed E-state index contributed by atoms with van der Waals surface area (Å²) in [6, 6.07) is 9.96. The number of amides is 3. The van der Waals surface area contributed by atoms with Gasteiger partial charge in [-0.1, -0.05) is 46.3 Å². The molecular formula is C26H27BrFN5O2. The van der Waals surface area contributed by atoms with E-state index in [0.717, 1.165) is 41.0 Å². The second-order valence-electron chi connectivity index (χ2n) is 8.40. The van der Waals surface area contributed by atoms with E-state index in [2.05, 4.69) is 31.4 Å². The van der Waals surface area contributed by atoms with Crippen LogP contribution < -0.4 is 16.0 Å². The molecule has 1 aliphatic heterocycles. The van der Waals surface area contributed by atoms with Crippen molar-refractivity contribution in [2.45, 2.75) is 31.3 Å². The number of urea groups is 1. The number of nitrogens with zero attached hydrogens (tertiary/aromatic N) is 3. The maximum absolute atomic E-state index is 14.8. The first kappa shape index (κ1) is 24.7. The normalized spacial score (nSPS) is 18.2. The molecule has 182 valence electrons. The van der Waals surface area contributed by atoms with Crippen molar-refractivity contribution in [3.63, 3.8) is 0 Å². The SMILES string of the molecule is NC(=O)N(c1ccc(Br)cc1)C(C(=O)NC1C=CC(=NN2CCCCC2)C=C1)c1ccccc1F. The molecule has 3 amide bonds. The highest BCUT2D eigenvalue weighted by molar-refractivity contribution is 9.10. The van der Waals surface area contributed by atoms with Crippen LogP contribution in [0.2, 0.25) is 0 Å². The zero-order valence-corrected chi connectivity index (χ0v) is 20.7. The minimum absolute atomic E-state index is 0.0443. The number of hydrogen-bond acceptors (Lipinski definition) is 4. The van der Waals surface area contributed by atoms with Gasteiger partial charge >= 0.3 is 6.03 Å². The summed E-state index contributed by atoms with van der Waals surface area (Å²) in [4.78, 5) is 27.1. The van der Waals surface area contributed by atoms with Crippen molar-refractivity contribution in [2.75, 3.05) is 18.0 Å². The quantitative estimate of drug-likeness (QED) is 0.558. The van der Waals surface area contributed by atoms with Crippen molar-refractivity contribution >= 4 is 39.3 Å². The fraction of sp³-hybridized carbons (Fsp3) is 0.269. The van der Waals surface area contributed by atoms with Gasteiger partial charge in [0.2, 0.25) is 5.91 Å². The summed E-state index contributed by atoms with van der Waals surface area (Å²) in [5.74, 6) is -1.17. The lowest BCUT2D eigenvalue weighted by Gasteiger charge is -2.31. The summed E-state index contributed by atoms with van der Waals surface area (Å²) in [6.45, 7) is 1.88. The van der Waals surface area contributed by atoms with Gasteiger partial charge in [0.15, 0.2) is 0 Å². The Labute approximate surface area is 212 Å². The summed E-state index contributed by atoms with van der Waals surface area (Å²) in [7, 11) is 0. The third kappa shape index (κ3) is 6.16. The van der Waals surface area contributed by atoms with Gasteiger partial charge in [-0.25, -0.2) is 9.18 Å². The molecule has 7 nitrogen and oxygen atoms in total. The predicted molar refractivity (Wildman–Crippen MR) is 138 cm³/mol. The number of hydrazone groups is 1. The number of carbonyl (C=O) groups is 2. The molecule has 1 aliphatic carbocycles.